The molecule has 0 fully saturated rings. The molecule has 26 heavy (non-hydrogen) atoms. The zero-order chi connectivity index (χ0) is 18.8. The predicted octanol–water partition coefficient (Wildman–Crippen LogP) is 1.98. The van der Waals surface area contributed by atoms with Gasteiger partial charge in [-0.2, -0.15) is 5.10 Å². The van der Waals surface area contributed by atoms with E-state index in [4.69, 9.17) is 5.73 Å². The van der Waals surface area contributed by atoms with Crippen LogP contribution in [-0.4, -0.2) is 29.4 Å². The first-order valence-electron chi connectivity index (χ1n) is 7.97. The van der Waals surface area contributed by atoms with E-state index in [9.17, 15) is 13.6 Å². The number of amides is 1. The molecule has 0 bridgehead atoms. The van der Waals surface area contributed by atoms with E-state index in [1.165, 1.54) is 6.20 Å². The Kier molecular flexibility index (Phi) is 5.01. The number of benzene rings is 1. The molecule has 3 N–H and O–H groups in total. The number of nitrogens with zero attached hydrogens (tertiary/aromatic N) is 3. The molecule has 3 rings (SSSR count). The quantitative estimate of drug-likeness (QED) is 0.637. The van der Waals surface area contributed by atoms with Crippen molar-refractivity contribution in [3.63, 3.8) is 0 Å². The number of anilines is 2. The molecule has 0 spiro atoms. The van der Waals surface area contributed by atoms with Crippen LogP contribution in [0, 0.1) is 6.92 Å². The van der Waals surface area contributed by atoms with Crippen molar-refractivity contribution in [2.45, 2.75) is 26.1 Å². The van der Waals surface area contributed by atoms with Crippen LogP contribution in [0.15, 0.2) is 30.6 Å². The third-order valence-electron chi connectivity index (χ3n) is 4.04. The number of rotatable bonds is 6. The lowest BCUT2D eigenvalue weighted by Gasteiger charge is -2.16. The van der Waals surface area contributed by atoms with Crippen LogP contribution in [0.3, 0.4) is 0 Å². The van der Waals surface area contributed by atoms with E-state index in [2.05, 4.69) is 15.4 Å². The minimum Gasteiger partial charge on any atom is -0.772 e. The summed E-state index contributed by atoms with van der Waals surface area (Å²) in [6, 6.07) is 5.27. The Morgan fingerprint density at radius 1 is 1.42 bits per heavy atom. The highest BCUT2D eigenvalue weighted by Crippen LogP contribution is 2.31. The molecule has 9 heteroatoms. The molecule has 1 atom stereocenters. The van der Waals surface area contributed by atoms with Crippen molar-refractivity contribution >= 4 is 39.4 Å². The number of aryl methyl sites for hydroxylation is 2. The topological polar surface area (TPSA) is 126 Å². The third-order valence-corrected chi connectivity index (χ3v) is 4.61. The summed E-state index contributed by atoms with van der Waals surface area (Å²) in [6.45, 7) is 4.43. The maximum absolute atomic E-state index is 11.9. The van der Waals surface area contributed by atoms with Gasteiger partial charge in [0.1, 0.15) is 5.82 Å². The fourth-order valence-corrected chi connectivity index (χ4v) is 3.35. The Labute approximate surface area is 152 Å². The summed E-state index contributed by atoms with van der Waals surface area (Å²) in [5.74, 6) is -0.0536. The standard InChI is InChI=1S/C17H19N5O3S/c1-3-22-14(4-5-20-22)21-16-12-7-11(9-26(24)25)6-10(2)15(12)19-8-13(16)17(18)23/h4-8H,3,9H2,1-2H3,(H2,18,23)(H,19,21)(H,24,25)/p-1. The first kappa shape index (κ1) is 18.0. The van der Waals surface area contributed by atoms with Gasteiger partial charge in [0.15, 0.2) is 0 Å². The Morgan fingerprint density at radius 2 is 2.19 bits per heavy atom. The molecule has 1 unspecified atom stereocenters. The van der Waals surface area contributed by atoms with Gasteiger partial charge < -0.3 is 15.6 Å². The number of carbonyl (C=O) groups excluding carboxylic acids is 1. The summed E-state index contributed by atoms with van der Waals surface area (Å²) >= 11 is -2.22. The second kappa shape index (κ2) is 7.22. The van der Waals surface area contributed by atoms with E-state index >= 15 is 0 Å². The van der Waals surface area contributed by atoms with Gasteiger partial charge in [0.25, 0.3) is 5.91 Å². The fraction of sp³-hybridized carbons (Fsp3) is 0.235. The van der Waals surface area contributed by atoms with Crippen LogP contribution < -0.4 is 11.1 Å². The number of aromatic nitrogens is 3. The summed E-state index contributed by atoms with van der Waals surface area (Å²) in [4.78, 5) is 16.3. The molecule has 0 aliphatic heterocycles. The van der Waals surface area contributed by atoms with Gasteiger partial charge in [-0.15, -0.1) is 0 Å². The van der Waals surface area contributed by atoms with E-state index in [1.807, 2.05) is 13.8 Å². The molecule has 0 aliphatic rings. The van der Waals surface area contributed by atoms with Gasteiger partial charge in [-0.3, -0.25) is 14.0 Å². The van der Waals surface area contributed by atoms with Crippen molar-refractivity contribution in [2.75, 3.05) is 5.32 Å². The zero-order valence-corrected chi connectivity index (χ0v) is 15.2. The van der Waals surface area contributed by atoms with Crippen LogP contribution in [0.4, 0.5) is 11.5 Å². The number of fused-ring (bicyclic) bond motifs is 1. The molecule has 2 heterocycles. The van der Waals surface area contributed by atoms with Gasteiger partial charge in [0, 0.05) is 29.9 Å². The van der Waals surface area contributed by atoms with E-state index in [-0.39, 0.29) is 11.3 Å². The Bertz CT molecular complexity index is 1020. The van der Waals surface area contributed by atoms with E-state index in [0.29, 0.717) is 34.5 Å². The Balaban J connectivity index is 2.25. The summed E-state index contributed by atoms with van der Waals surface area (Å²) in [6.07, 6.45) is 3.08. The summed E-state index contributed by atoms with van der Waals surface area (Å²) in [5, 5.41) is 8.04. The number of hydrogen-bond acceptors (Lipinski definition) is 6. The van der Waals surface area contributed by atoms with Gasteiger partial charge in [0.05, 0.1) is 23.0 Å². The molecule has 0 radical (unpaired) electrons. The van der Waals surface area contributed by atoms with Crippen molar-refractivity contribution in [1.29, 1.82) is 0 Å². The molecule has 0 saturated heterocycles. The van der Waals surface area contributed by atoms with Crippen molar-refractivity contribution in [1.82, 2.24) is 14.8 Å². The maximum atomic E-state index is 11.9. The molecule has 1 aromatic carbocycles. The molecular weight excluding hydrogens is 354 g/mol. The molecule has 2 aromatic heterocycles. The van der Waals surface area contributed by atoms with E-state index in [1.54, 1.807) is 29.1 Å². The SMILES string of the molecule is CCn1nccc1Nc1c(C(N)=O)cnc2c(C)cc(CS(=O)[O-])cc12. The van der Waals surface area contributed by atoms with Crippen molar-refractivity contribution < 1.29 is 13.6 Å². The van der Waals surface area contributed by atoms with Crippen molar-refractivity contribution in [2.24, 2.45) is 5.73 Å². The number of nitrogens with one attached hydrogen (secondary N) is 1. The number of nitrogens with two attached hydrogens (primary N) is 1. The van der Waals surface area contributed by atoms with Crippen LogP contribution in [0.25, 0.3) is 10.9 Å². The van der Waals surface area contributed by atoms with Gasteiger partial charge in [-0.25, -0.2) is 4.68 Å². The zero-order valence-electron chi connectivity index (χ0n) is 14.4. The second-order valence-corrected chi connectivity index (χ2v) is 6.72. The Morgan fingerprint density at radius 3 is 2.85 bits per heavy atom. The number of carbonyl (C=O) groups is 1. The normalized spacial score (nSPS) is 12.3. The molecular formula is C17H18N5O3S-. The fourth-order valence-electron chi connectivity index (χ4n) is 2.91. The van der Waals surface area contributed by atoms with Crippen molar-refractivity contribution in [3.8, 4) is 0 Å². The highest BCUT2D eigenvalue weighted by Gasteiger charge is 2.17. The summed E-state index contributed by atoms with van der Waals surface area (Å²) < 4.78 is 23.9. The van der Waals surface area contributed by atoms with Crippen LogP contribution >= 0.6 is 0 Å². The summed E-state index contributed by atoms with van der Waals surface area (Å²) in [5.41, 5.74) is 8.32. The first-order valence-corrected chi connectivity index (χ1v) is 9.21. The maximum Gasteiger partial charge on any atom is 0.252 e. The second-order valence-electron chi connectivity index (χ2n) is 5.83. The van der Waals surface area contributed by atoms with E-state index < -0.39 is 17.0 Å². The lowest BCUT2D eigenvalue weighted by Crippen LogP contribution is -2.15. The number of pyridine rings is 1. The monoisotopic (exact) mass is 372 g/mol. The van der Waals surface area contributed by atoms with Gasteiger partial charge >= 0.3 is 0 Å². The van der Waals surface area contributed by atoms with Crippen LogP contribution in [0.5, 0.6) is 0 Å². The predicted molar refractivity (Wildman–Crippen MR) is 98.8 cm³/mol. The molecule has 1 amide bonds. The van der Waals surface area contributed by atoms with Crippen molar-refractivity contribution in [3.05, 3.63) is 47.3 Å². The lowest BCUT2D eigenvalue weighted by atomic mass is 10.0. The molecule has 0 aliphatic carbocycles. The highest BCUT2D eigenvalue weighted by atomic mass is 32.2. The van der Waals surface area contributed by atoms with Crippen LogP contribution in [0.1, 0.15) is 28.4 Å². The largest absolute Gasteiger partial charge is 0.772 e. The molecule has 3 aromatic rings. The van der Waals surface area contributed by atoms with Crippen LogP contribution in [-0.2, 0) is 23.4 Å². The molecule has 136 valence electrons. The highest BCUT2D eigenvalue weighted by molar-refractivity contribution is 7.78. The van der Waals surface area contributed by atoms with Gasteiger partial charge in [0.2, 0.25) is 0 Å². The smallest absolute Gasteiger partial charge is 0.252 e. The minimum absolute atomic E-state index is 0.121. The lowest BCUT2D eigenvalue weighted by molar-refractivity contribution is 0.100. The number of hydrogen-bond donors (Lipinski definition) is 2. The third kappa shape index (κ3) is 3.44. The van der Waals surface area contributed by atoms with Gasteiger partial charge in [-0.05, 0) is 31.0 Å². The number of primary amides is 1. The van der Waals surface area contributed by atoms with Gasteiger partial charge in [-0.1, -0.05) is 17.1 Å². The Hall–Kier alpha value is -2.78. The average molecular weight is 372 g/mol. The first-order chi connectivity index (χ1) is 12.4. The minimum atomic E-state index is -2.22. The summed E-state index contributed by atoms with van der Waals surface area (Å²) in [7, 11) is 0. The van der Waals surface area contributed by atoms with E-state index in [0.717, 1.165) is 5.56 Å². The van der Waals surface area contributed by atoms with Crippen LogP contribution in [0.2, 0.25) is 0 Å². The average Bonchev–Trinajstić information content (AvgIpc) is 3.01. The molecule has 8 nitrogen and oxygen atoms in total. The molecule has 0 saturated carbocycles.